The van der Waals surface area contributed by atoms with Gasteiger partial charge in [-0.1, -0.05) is 36.8 Å². The lowest BCUT2D eigenvalue weighted by atomic mass is 9.97. The van der Waals surface area contributed by atoms with Crippen LogP contribution in [0.3, 0.4) is 0 Å². The molecule has 6 heteroatoms. The average molecular weight is 435 g/mol. The normalized spacial score (nSPS) is 17.3. The quantitative estimate of drug-likeness (QED) is 0.619. The molecule has 2 aliphatic rings. The lowest BCUT2D eigenvalue weighted by Crippen LogP contribution is -2.39. The van der Waals surface area contributed by atoms with Crippen LogP contribution in [0.25, 0.3) is 5.57 Å². The molecule has 2 aromatic rings. The SMILES string of the molecule is COc1ccc(OCCN2C(=O)C(c3ccc(C)cc3)=C(N3CCC(C)CC3)C2=O)cc1. The van der Waals surface area contributed by atoms with Crippen molar-refractivity contribution < 1.29 is 19.1 Å². The Morgan fingerprint density at radius 3 is 2.16 bits per heavy atom. The minimum atomic E-state index is -0.245. The fourth-order valence-corrected chi connectivity index (χ4v) is 4.20. The van der Waals surface area contributed by atoms with E-state index in [2.05, 4.69) is 11.8 Å². The van der Waals surface area contributed by atoms with Gasteiger partial charge in [0.25, 0.3) is 11.8 Å². The molecule has 0 saturated carbocycles. The van der Waals surface area contributed by atoms with E-state index in [0.29, 0.717) is 22.9 Å². The second-order valence-electron chi connectivity index (χ2n) is 8.55. The first-order chi connectivity index (χ1) is 15.5. The van der Waals surface area contributed by atoms with Crippen molar-refractivity contribution in [3.8, 4) is 11.5 Å². The molecule has 0 atom stereocenters. The van der Waals surface area contributed by atoms with Crippen molar-refractivity contribution in [2.24, 2.45) is 5.92 Å². The summed E-state index contributed by atoms with van der Waals surface area (Å²) in [6, 6.07) is 15.1. The number of nitrogens with zero attached hydrogens (tertiary/aromatic N) is 2. The highest BCUT2D eigenvalue weighted by Crippen LogP contribution is 2.34. The smallest absolute Gasteiger partial charge is 0.277 e. The van der Waals surface area contributed by atoms with E-state index in [4.69, 9.17) is 9.47 Å². The van der Waals surface area contributed by atoms with E-state index in [9.17, 15) is 9.59 Å². The topological polar surface area (TPSA) is 59.1 Å². The summed E-state index contributed by atoms with van der Waals surface area (Å²) in [5.74, 6) is 1.58. The van der Waals surface area contributed by atoms with Gasteiger partial charge in [-0.05, 0) is 55.5 Å². The number of likely N-dealkylation sites (tertiary alicyclic amines) is 1. The Balaban J connectivity index is 1.53. The van der Waals surface area contributed by atoms with Crippen LogP contribution in [0.1, 0.15) is 30.9 Å². The number of hydrogen-bond acceptors (Lipinski definition) is 5. The van der Waals surface area contributed by atoms with Gasteiger partial charge in [-0.15, -0.1) is 0 Å². The van der Waals surface area contributed by atoms with Gasteiger partial charge in [0.2, 0.25) is 0 Å². The summed E-state index contributed by atoms with van der Waals surface area (Å²) < 4.78 is 10.9. The molecular weight excluding hydrogens is 404 g/mol. The van der Waals surface area contributed by atoms with Crippen LogP contribution in [-0.2, 0) is 9.59 Å². The summed E-state index contributed by atoms with van der Waals surface area (Å²) in [7, 11) is 1.61. The van der Waals surface area contributed by atoms with E-state index >= 15 is 0 Å². The minimum absolute atomic E-state index is 0.201. The van der Waals surface area contributed by atoms with Crippen LogP contribution in [0, 0.1) is 12.8 Å². The van der Waals surface area contributed by atoms with Crippen LogP contribution in [-0.4, -0.2) is 55.0 Å². The fraction of sp³-hybridized carbons (Fsp3) is 0.385. The molecule has 0 aliphatic carbocycles. The molecule has 2 heterocycles. The lowest BCUT2D eigenvalue weighted by Gasteiger charge is -2.32. The number of imide groups is 1. The molecule has 2 aliphatic heterocycles. The van der Waals surface area contributed by atoms with E-state index in [1.807, 2.05) is 55.5 Å². The fourth-order valence-electron chi connectivity index (χ4n) is 4.20. The number of rotatable bonds is 7. The van der Waals surface area contributed by atoms with Crippen molar-refractivity contribution in [2.75, 3.05) is 33.4 Å². The van der Waals surface area contributed by atoms with Gasteiger partial charge in [0.1, 0.15) is 23.8 Å². The van der Waals surface area contributed by atoms with Crippen molar-refractivity contribution in [1.82, 2.24) is 9.80 Å². The van der Waals surface area contributed by atoms with E-state index in [-0.39, 0.29) is 25.0 Å². The number of carbonyl (C=O) groups excluding carboxylic acids is 2. The Morgan fingerprint density at radius 2 is 1.53 bits per heavy atom. The Hall–Kier alpha value is -3.28. The maximum absolute atomic E-state index is 13.4. The zero-order chi connectivity index (χ0) is 22.7. The lowest BCUT2D eigenvalue weighted by molar-refractivity contribution is -0.138. The third kappa shape index (κ3) is 4.49. The Morgan fingerprint density at radius 1 is 0.906 bits per heavy atom. The van der Waals surface area contributed by atoms with Crippen LogP contribution in [0.4, 0.5) is 0 Å². The molecule has 0 spiro atoms. The third-order valence-electron chi connectivity index (χ3n) is 6.23. The number of piperidine rings is 1. The molecule has 0 unspecified atom stereocenters. The number of aryl methyl sites for hydroxylation is 1. The van der Waals surface area contributed by atoms with Gasteiger partial charge in [0.15, 0.2) is 0 Å². The zero-order valence-electron chi connectivity index (χ0n) is 19.0. The largest absolute Gasteiger partial charge is 0.497 e. The van der Waals surface area contributed by atoms with Crippen molar-refractivity contribution in [1.29, 1.82) is 0 Å². The second-order valence-corrected chi connectivity index (χ2v) is 8.55. The second kappa shape index (κ2) is 9.47. The predicted octanol–water partition coefficient (Wildman–Crippen LogP) is 3.89. The minimum Gasteiger partial charge on any atom is -0.497 e. The van der Waals surface area contributed by atoms with Gasteiger partial charge in [0.05, 0.1) is 19.2 Å². The summed E-state index contributed by atoms with van der Waals surface area (Å²) in [5, 5.41) is 0. The Labute approximate surface area is 189 Å². The molecule has 2 amide bonds. The van der Waals surface area contributed by atoms with E-state index in [1.165, 1.54) is 4.90 Å². The van der Waals surface area contributed by atoms with Crippen LogP contribution in [0.2, 0.25) is 0 Å². The summed E-state index contributed by atoms with van der Waals surface area (Å²) >= 11 is 0. The number of carbonyl (C=O) groups is 2. The van der Waals surface area contributed by atoms with Gasteiger partial charge in [-0.3, -0.25) is 14.5 Å². The summed E-state index contributed by atoms with van der Waals surface area (Å²) in [4.78, 5) is 30.2. The molecule has 32 heavy (non-hydrogen) atoms. The standard InChI is InChI=1S/C26H30N2O4/c1-18-4-6-20(7-5-18)23-24(27-14-12-19(2)13-15-27)26(30)28(25(23)29)16-17-32-22-10-8-21(31-3)9-11-22/h4-11,19H,12-17H2,1-3H3. The number of methoxy groups -OCH3 is 1. The van der Waals surface area contributed by atoms with Gasteiger partial charge < -0.3 is 14.4 Å². The van der Waals surface area contributed by atoms with Crippen molar-refractivity contribution in [3.63, 3.8) is 0 Å². The zero-order valence-corrected chi connectivity index (χ0v) is 19.0. The monoisotopic (exact) mass is 434 g/mol. The van der Waals surface area contributed by atoms with Crippen LogP contribution in [0.5, 0.6) is 11.5 Å². The average Bonchev–Trinajstić information content (AvgIpc) is 3.05. The Kier molecular flexibility index (Phi) is 6.49. The molecule has 0 aromatic heterocycles. The van der Waals surface area contributed by atoms with Crippen molar-refractivity contribution >= 4 is 17.4 Å². The molecule has 1 fully saturated rings. The Bertz CT molecular complexity index is 1000. The highest BCUT2D eigenvalue weighted by Gasteiger charge is 2.41. The molecular formula is C26H30N2O4. The molecule has 4 rings (SSSR count). The van der Waals surface area contributed by atoms with Crippen molar-refractivity contribution in [3.05, 3.63) is 65.4 Å². The molecule has 6 nitrogen and oxygen atoms in total. The van der Waals surface area contributed by atoms with Gasteiger partial charge in [0, 0.05) is 13.1 Å². The summed E-state index contributed by atoms with van der Waals surface area (Å²) in [6.07, 6.45) is 2.04. The van der Waals surface area contributed by atoms with E-state index in [0.717, 1.165) is 42.8 Å². The van der Waals surface area contributed by atoms with Crippen LogP contribution >= 0.6 is 0 Å². The first-order valence-corrected chi connectivity index (χ1v) is 11.2. The predicted molar refractivity (Wildman–Crippen MR) is 123 cm³/mol. The highest BCUT2D eigenvalue weighted by molar-refractivity contribution is 6.35. The van der Waals surface area contributed by atoms with Gasteiger partial charge in [-0.25, -0.2) is 0 Å². The summed E-state index contributed by atoms with van der Waals surface area (Å²) in [5.41, 5.74) is 2.95. The van der Waals surface area contributed by atoms with Crippen molar-refractivity contribution in [2.45, 2.75) is 26.7 Å². The van der Waals surface area contributed by atoms with Crippen LogP contribution in [0.15, 0.2) is 54.2 Å². The van der Waals surface area contributed by atoms with E-state index in [1.54, 1.807) is 7.11 Å². The molecule has 168 valence electrons. The first-order valence-electron chi connectivity index (χ1n) is 11.2. The highest BCUT2D eigenvalue weighted by atomic mass is 16.5. The number of amides is 2. The summed E-state index contributed by atoms with van der Waals surface area (Å²) in [6.45, 7) is 6.26. The molecule has 0 bridgehead atoms. The molecule has 2 aromatic carbocycles. The maximum Gasteiger partial charge on any atom is 0.277 e. The number of hydrogen-bond donors (Lipinski definition) is 0. The molecule has 0 radical (unpaired) electrons. The van der Waals surface area contributed by atoms with Crippen LogP contribution < -0.4 is 9.47 Å². The van der Waals surface area contributed by atoms with Gasteiger partial charge in [-0.2, -0.15) is 0 Å². The third-order valence-corrected chi connectivity index (χ3v) is 6.23. The van der Waals surface area contributed by atoms with Gasteiger partial charge >= 0.3 is 0 Å². The number of ether oxygens (including phenoxy) is 2. The maximum atomic E-state index is 13.4. The first kappa shape index (κ1) is 21.9. The molecule has 0 N–H and O–H groups in total. The molecule has 1 saturated heterocycles. The number of benzene rings is 2. The van der Waals surface area contributed by atoms with E-state index < -0.39 is 0 Å².